The molecule has 4 heteroatoms. The summed E-state index contributed by atoms with van der Waals surface area (Å²) < 4.78 is 0. The first-order valence-corrected chi connectivity index (χ1v) is 7.15. The van der Waals surface area contributed by atoms with E-state index in [4.69, 9.17) is 0 Å². The van der Waals surface area contributed by atoms with Gasteiger partial charge in [-0.25, -0.2) is 0 Å². The van der Waals surface area contributed by atoms with E-state index in [9.17, 15) is 15.0 Å². The molecular weight excluding hydrogens is 278 g/mol. The van der Waals surface area contributed by atoms with Gasteiger partial charge in [-0.05, 0) is 41.3 Å². The first-order chi connectivity index (χ1) is 10.5. The predicted octanol–water partition coefficient (Wildman–Crippen LogP) is 3.73. The lowest BCUT2D eigenvalue weighted by Gasteiger charge is -2.12. The normalized spacial score (nSPS) is 11.2. The molecule has 0 spiro atoms. The van der Waals surface area contributed by atoms with Crippen molar-refractivity contribution in [3.8, 4) is 22.6 Å². The number of fused-ring (bicyclic) bond motifs is 1. The number of pyridine rings is 1. The van der Waals surface area contributed by atoms with Crippen molar-refractivity contribution in [2.75, 3.05) is 0 Å². The van der Waals surface area contributed by atoms with Crippen LogP contribution in [0.5, 0.6) is 11.5 Å². The molecule has 0 radical (unpaired) electrons. The smallest absolute Gasteiger partial charge is 0.256 e. The van der Waals surface area contributed by atoms with Gasteiger partial charge in [-0.1, -0.05) is 26.0 Å². The van der Waals surface area contributed by atoms with E-state index in [-0.39, 0.29) is 23.0 Å². The Balaban J connectivity index is 2.31. The van der Waals surface area contributed by atoms with Gasteiger partial charge in [0.2, 0.25) is 0 Å². The van der Waals surface area contributed by atoms with Crippen LogP contribution < -0.4 is 5.56 Å². The van der Waals surface area contributed by atoms with Crippen LogP contribution in [0.2, 0.25) is 0 Å². The summed E-state index contributed by atoms with van der Waals surface area (Å²) in [4.78, 5) is 15.1. The Labute approximate surface area is 127 Å². The van der Waals surface area contributed by atoms with E-state index >= 15 is 0 Å². The summed E-state index contributed by atoms with van der Waals surface area (Å²) in [7, 11) is 0. The first-order valence-electron chi connectivity index (χ1n) is 7.15. The minimum atomic E-state index is -0.224. The second kappa shape index (κ2) is 5.22. The number of hydrogen-bond donors (Lipinski definition) is 3. The summed E-state index contributed by atoms with van der Waals surface area (Å²) in [5.41, 5.74) is 2.66. The summed E-state index contributed by atoms with van der Waals surface area (Å²) in [6, 6.07) is 11.7. The summed E-state index contributed by atoms with van der Waals surface area (Å²) in [5.74, 6) is 0.520. The van der Waals surface area contributed by atoms with Crippen molar-refractivity contribution in [1.82, 2.24) is 4.98 Å². The Morgan fingerprint density at radius 1 is 0.955 bits per heavy atom. The van der Waals surface area contributed by atoms with Gasteiger partial charge in [-0.2, -0.15) is 0 Å². The zero-order valence-corrected chi connectivity index (χ0v) is 12.4. The molecule has 0 unspecified atom stereocenters. The van der Waals surface area contributed by atoms with Crippen molar-refractivity contribution in [3.05, 3.63) is 58.4 Å². The number of phenolic OH excluding ortho intramolecular Hbond substituents is 2. The lowest BCUT2D eigenvalue weighted by Crippen LogP contribution is -2.09. The van der Waals surface area contributed by atoms with Crippen molar-refractivity contribution in [1.29, 1.82) is 0 Å². The molecule has 1 heterocycles. The summed E-state index contributed by atoms with van der Waals surface area (Å²) in [6.07, 6.45) is 0. The van der Waals surface area contributed by atoms with Crippen LogP contribution in [0.4, 0.5) is 0 Å². The van der Waals surface area contributed by atoms with E-state index < -0.39 is 0 Å². The van der Waals surface area contributed by atoms with Gasteiger partial charge in [0.1, 0.15) is 11.5 Å². The van der Waals surface area contributed by atoms with Crippen molar-refractivity contribution in [2.45, 2.75) is 19.8 Å². The van der Waals surface area contributed by atoms with Crippen LogP contribution in [0.15, 0.2) is 47.3 Å². The monoisotopic (exact) mass is 295 g/mol. The number of phenols is 2. The van der Waals surface area contributed by atoms with E-state index in [2.05, 4.69) is 4.98 Å². The Bertz CT molecular complexity index is 893. The second-order valence-corrected chi connectivity index (χ2v) is 5.71. The van der Waals surface area contributed by atoms with Gasteiger partial charge in [0, 0.05) is 17.0 Å². The Hall–Kier alpha value is -2.75. The number of H-pyrrole nitrogens is 1. The molecule has 0 saturated carbocycles. The molecule has 3 N–H and O–H groups in total. The minimum absolute atomic E-state index is 0.143. The fraction of sp³-hybridized carbons (Fsp3) is 0.167. The maximum atomic E-state index is 12.3. The van der Waals surface area contributed by atoms with Gasteiger partial charge in [-0.15, -0.1) is 0 Å². The molecule has 112 valence electrons. The van der Waals surface area contributed by atoms with Crippen LogP contribution in [0.25, 0.3) is 22.0 Å². The maximum Gasteiger partial charge on any atom is 0.256 e. The summed E-state index contributed by atoms with van der Waals surface area (Å²) in [6.45, 7) is 4.08. The maximum absolute atomic E-state index is 12.3. The van der Waals surface area contributed by atoms with Gasteiger partial charge in [-0.3, -0.25) is 4.79 Å². The minimum Gasteiger partial charge on any atom is -0.508 e. The largest absolute Gasteiger partial charge is 0.508 e. The SMILES string of the molecule is CC(C)c1cc(O)cc2[nH]c(=O)c(-c3ccc(O)cc3)cc12. The molecule has 1 aromatic heterocycles. The van der Waals surface area contributed by atoms with E-state index in [1.54, 1.807) is 36.4 Å². The molecule has 0 bridgehead atoms. The average Bonchev–Trinajstić information content (AvgIpc) is 2.46. The number of rotatable bonds is 2. The lowest BCUT2D eigenvalue weighted by molar-refractivity contribution is 0.474. The van der Waals surface area contributed by atoms with E-state index in [1.165, 1.54) is 0 Å². The highest BCUT2D eigenvalue weighted by Gasteiger charge is 2.12. The van der Waals surface area contributed by atoms with Crippen LogP contribution in [0.1, 0.15) is 25.3 Å². The molecule has 0 saturated heterocycles. The van der Waals surface area contributed by atoms with Gasteiger partial charge in [0.05, 0.1) is 5.52 Å². The quantitative estimate of drug-likeness (QED) is 0.674. The molecule has 3 aromatic rings. The van der Waals surface area contributed by atoms with Crippen molar-refractivity contribution in [3.63, 3.8) is 0 Å². The molecule has 2 aromatic carbocycles. The zero-order valence-electron chi connectivity index (χ0n) is 12.4. The third-order valence-corrected chi connectivity index (χ3v) is 3.78. The first kappa shape index (κ1) is 14.2. The number of aromatic hydroxyl groups is 2. The molecule has 0 aliphatic heterocycles. The standard InChI is InChI=1S/C18H17NO3/c1-10(2)14-7-13(21)8-17-16(14)9-15(18(22)19-17)11-3-5-12(20)6-4-11/h3-10,20-21H,1-2H3,(H,19,22). The molecule has 3 rings (SSSR count). The number of benzene rings is 2. The third-order valence-electron chi connectivity index (χ3n) is 3.78. The Morgan fingerprint density at radius 3 is 2.27 bits per heavy atom. The Morgan fingerprint density at radius 2 is 1.64 bits per heavy atom. The van der Waals surface area contributed by atoms with E-state index in [0.29, 0.717) is 11.1 Å². The molecule has 0 atom stereocenters. The fourth-order valence-electron chi connectivity index (χ4n) is 2.66. The highest BCUT2D eigenvalue weighted by Crippen LogP contribution is 2.30. The van der Waals surface area contributed by atoms with Gasteiger partial charge < -0.3 is 15.2 Å². The fourth-order valence-corrected chi connectivity index (χ4v) is 2.66. The van der Waals surface area contributed by atoms with Crippen molar-refractivity contribution >= 4 is 10.9 Å². The molecular formula is C18H17NO3. The van der Waals surface area contributed by atoms with E-state index in [1.807, 2.05) is 19.9 Å². The van der Waals surface area contributed by atoms with Crippen molar-refractivity contribution < 1.29 is 10.2 Å². The third kappa shape index (κ3) is 2.44. The predicted molar refractivity (Wildman–Crippen MR) is 87.4 cm³/mol. The number of aromatic amines is 1. The zero-order chi connectivity index (χ0) is 15.9. The molecule has 0 fully saturated rings. The molecule has 0 amide bonds. The van der Waals surface area contributed by atoms with Crippen LogP contribution in [-0.2, 0) is 0 Å². The molecule has 22 heavy (non-hydrogen) atoms. The summed E-state index contributed by atoms with van der Waals surface area (Å²) in [5, 5.41) is 20.1. The average molecular weight is 295 g/mol. The van der Waals surface area contributed by atoms with Crippen LogP contribution in [-0.4, -0.2) is 15.2 Å². The second-order valence-electron chi connectivity index (χ2n) is 5.71. The summed E-state index contributed by atoms with van der Waals surface area (Å²) >= 11 is 0. The van der Waals surface area contributed by atoms with Gasteiger partial charge >= 0.3 is 0 Å². The number of hydrogen-bond acceptors (Lipinski definition) is 3. The number of aromatic nitrogens is 1. The topological polar surface area (TPSA) is 73.3 Å². The molecule has 0 aliphatic carbocycles. The van der Waals surface area contributed by atoms with Gasteiger partial charge in [0.15, 0.2) is 0 Å². The lowest BCUT2D eigenvalue weighted by atomic mass is 9.95. The number of nitrogens with one attached hydrogen (secondary N) is 1. The molecule has 0 aliphatic rings. The van der Waals surface area contributed by atoms with Crippen LogP contribution in [0.3, 0.4) is 0 Å². The highest BCUT2D eigenvalue weighted by molar-refractivity contribution is 5.88. The van der Waals surface area contributed by atoms with Crippen molar-refractivity contribution in [2.24, 2.45) is 0 Å². The Kier molecular flexibility index (Phi) is 3.37. The van der Waals surface area contributed by atoms with E-state index in [0.717, 1.165) is 16.5 Å². The van der Waals surface area contributed by atoms with Crippen LogP contribution >= 0.6 is 0 Å². The van der Waals surface area contributed by atoms with Gasteiger partial charge in [0.25, 0.3) is 5.56 Å². The van der Waals surface area contributed by atoms with Crippen LogP contribution in [0, 0.1) is 0 Å². The highest BCUT2D eigenvalue weighted by atomic mass is 16.3. The molecule has 4 nitrogen and oxygen atoms in total.